The molecule has 4 unspecified atom stereocenters. The molecule has 0 bridgehead atoms. The van der Waals surface area contributed by atoms with Gasteiger partial charge in [0, 0.05) is 18.3 Å². The molecular weight excluding hydrogens is 168 g/mol. The summed E-state index contributed by atoms with van der Waals surface area (Å²) in [7, 11) is 0. The molecule has 2 aliphatic carbocycles. The van der Waals surface area contributed by atoms with Gasteiger partial charge in [0.2, 0.25) is 0 Å². The Morgan fingerprint density at radius 3 is 2.77 bits per heavy atom. The average molecular weight is 182 g/mol. The lowest BCUT2D eigenvalue weighted by molar-refractivity contribution is -0.282. The first-order valence-corrected chi connectivity index (χ1v) is 5.32. The molecule has 0 aromatic carbocycles. The van der Waals surface area contributed by atoms with Gasteiger partial charge in [-0.1, -0.05) is 0 Å². The Kier molecular flexibility index (Phi) is 1.16. The van der Waals surface area contributed by atoms with Crippen molar-refractivity contribution in [2.75, 3.05) is 13.2 Å². The van der Waals surface area contributed by atoms with Gasteiger partial charge >= 0.3 is 0 Å². The van der Waals surface area contributed by atoms with Crippen LogP contribution in [-0.4, -0.2) is 31.2 Å². The van der Waals surface area contributed by atoms with Crippen molar-refractivity contribution < 1.29 is 14.2 Å². The minimum Gasteiger partial charge on any atom is -0.369 e. The summed E-state index contributed by atoms with van der Waals surface area (Å²) in [4.78, 5) is 0. The van der Waals surface area contributed by atoms with E-state index in [1.54, 1.807) is 0 Å². The van der Waals surface area contributed by atoms with Crippen LogP contribution >= 0.6 is 0 Å². The number of rotatable bonds is 0. The maximum atomic E-state index is 5.73. The maximum absolute atomic E-state index is 5.73. The molecule has 2 saturated carbocycles. The molecule has 2 saturated heterocycles. The van der Waals surface area contributed by atoms with Gasteiger partial charge in [-0.2, -0.15) is 0 Å². The molecule has 2 heterocycles. The van der Waals surface area contributed by atoms with Crippen LogP contribution in [0.3, 0.4) is 0 Å². The zero-order chi connectivity index (χ0) is 8.47. The highest BCUT2D eigenvalue weighted by Crippen LogP contribution is 2.60. The Labute approximate surface area is 77.3 Å². The first-order chi connectivity index (χ1) is 6.39. The normalized spacial score (nSPS) is 55.4. The van der Waals surface area contributed by atoms with Crippen molar-refractivity contribution in [1.82, 2.24) is 0 Å². The van der Waals surface area contributed by atoms with Gasteiger partial charge < -0.3 is 14.2 Å². The molecule has 0 amide bonds. The fourth-order valence-corrected chi connectivity index (χ4v) is 3.48. The van der Waals surface area contributed by atoms with Crippen LogP contribution < -0.4 is 0 Å². The highest BCUT2D eigenvalue weighted by Gasteiger charge is 2.67. The van der Waals surface area contributed by atoms with Gasteiger partial charge in [0.15, 0.2) is 5.79 Å². The lowest BCUT2D eigenvalue weighted by Gasteiger charge is -2.52. The number of ether oxygens (including phenoxy) is 3. The number of epoxide rings is 1. The molecule has 4 rings (SSSR count). The molecule has 0 aromatic heterocycles. The quantitative estimate of drug-likeness (QED) is 0.522. The van der Waals surface area contributed by atoms with Gasteiger partial charge in [-0.25, -0.2) is 0 Å². The van der Waals surface area contributed by atoms with E-state index in [1.165, 1.54) is 12.8 Å². The minimum absolute atomic E-state index is 0.165. The molecule has 4 fully saturated rings. The fourth-order valence-electron chi connectivity index (χ4n) is 3.48. The van der Waals surface area contributed by atoms with Gasteiger partial charge in [-0.3, -0.25) is 0 Å². The van der Waals surface area contributed by atoms with E-state index in [0.717, 1.165) is 25.6 Å². The lowest BCUT2D eigenvalue weighted by Crippen LogP contribution is -2.58. The van der Waals surface area contributed by atoms with E-state index in [1.807, 2.05) is 0 Å². The third kappa shape index (κ3) is 0.767. The second-order valence-corrected chi connectivity index (χ2v) is 4.70. The third-order valence-electron chi connectivity index (χ3n) is 4.18. The Morgan fingerprint density at radius 2 is 1.92 bits per heavy atom. The van der Waals surface area contributed by atoms with E-state index in [-0.39, 0.29) is 5.79 Å². The van der Waals surface area contributed by atoms with Crippen LogP contribution in [0.2, 0.25) is 0 Å². The first-order valence-electron chi connectivity index (χ1n) is 5.32. The summed E-state index contributed by atoms with van der Waals surface area (Å²) in [5.74, 6) is 1.22. The van der Waals surface area contributed by atoms with Crippen LogP contribution in [0, 0.1) is 11.8 Å². The molecule has 4 atom stereocenters. The molecule has 13 heavy (non-hydrogen) atoms. The van der Waals surface area contributed by atoms with Gasteiger partial charge in [0.25, 0.3) is 0 Å². The number of fused-ring (bicyclic) bond motifs is 4. The van der Waals surface area contributed by atoms with Crippen molar-refractivity contribution in [1.29, 1.82) is 0 Å². The summed E-state index contributed by atoms with van der Waals surface area (Å²) in [5, 5.41) is 0. The molecule has 2 aliphatic heterocycles. The summed E-state index contributed by atoms with van der Waals surface area (Å²) in [6, 6.07) is 0. The summed E-state index contributed by atoms with van der Waals surface area (Å²) in [5.41, 5.74) is 0. The second kappa shape index (κ2) is 2.10. The van der Waals surface area contributed by atoms with Crippen LogP contribution in [-0.2, 0) is 14.2 Å². The third-order valence-corrected chi connectivity index (χ3v) is 4.18. The summed E-state index contributed by atoms with van der Waals surface area (Å²) >= 11 is 0. The summed E-state index contributed by atoms with van der Waals surface area (Å²) in [6.45, 7) is 1.58. The van der Waals surface area contributed by atoms with Crippen molar-refractivity contribution in [3.8, 4) is 0 Å². The van der Waals surface area contributed by atoms with Crippen molar-refractivity contribution in [2.24, 2.45) is 11.8 Å². The van der Waals surface area contributed by atoms with Crippen LogP contribution in [0.15, 0.2) is 0 Å². The van der Waals surface area contributed by atoms with Gasteiger partial charge in [-0.15, -0.1) is 0 Å². The monoisotopic (exact) mass is 182 g/mol. The lowest BCUT2D eigenvalue weighted by atomic mass is 9.61. The van der Waals surface area contributed by atoms with E-state index in [2.05, 4.69) is 0 Å². The Morgan fingerprint density at radius 1 is 1.08 bits per heavy atom. The van der Waals surface area contributed by atoms with E-state index in [4.69, 9.17) is 14.2 Å². The van der Waals surface area contributed by atoms with Crippen molar-refractivity contribution >= 4 is 0 Å². The molecule has 0 N–H and O–H groups in total. The molecule has 3 nitrogen and oxygen atoms in total. The van der Waals surface area contributed by atoms with E-state index in [0.29, 0.717) is 18.1 Å². The predicted octanol–water partition coefficient (Wildman–Crippen LogP) is 0.927. The van der Waals surface area contributed by atoms with Gasteiger partial charge in [0.1, 0.15) is 0 Å². The molecule has 0 aromatic rings. The highest BCUT2D eigenvalue weighted by molar-refractivity contribution is 5.11. The summed E-state index contributed by atoms with van der Waals surface area (Å²) in [6.07, 6.45) is 4.71. The maximum Gasteiger partial charge on any atom is 0.172 e. The smallest absolute Gasteiger partial charge is 0.172 e. The second-order valence-electron chi connectivity index (χ2n) is 4.70. The highest BCUT2D eigenvalue weighted by atomic mass is 16.7. The molecule has 4 aliphatic rings. The van der Waals surface area contributed by atoms with Gasteiger partial charge in [0.05, 0.1) is 25.4 Å². The molecule has 72 valence electrons. The Hall–Kier alpha value is -0.120. The summed E-state index contributed by atoms with van der Waals surface area (Å²) < 4.78 is 17.1. The standard InChI is InChI=1S/C10H14O3/c1-2-8-9(13-8)6-5-10(7(1)6)11-3-4-12-10/h6-9H,1-5H2. The Bertz CT molecular complexity index is 247. The predicted molar refractivity (Wildman–Crippen MR) is 44.1 cm³/mol. The molecular formula is C10H14O3. The largest absolute Gasteiger partial charge is 0.369 e. The minimum atomic E-state index is -0.165. The molecule has 0 radical (unpaired) electrons. The number of hydrogen-bond acceptors (Lipinski definition) is 3. The number of hydrogen-bond donors (Lipinski definition) is 0. The zero-order valence-electron chi connectivity index (χ0n) is 7.57. The van der Waals surface area contributed by atoms with Crippen LogP contribution in [0.25, 0.3) is 0 Å². The van der Waals surface area contributed by atoms with Crippen LogP contribution in [0.5, 0.6) is 0 Å². The topological polar surface area (TPSA) is 31.0 Å². The van der Waals surface area contributed by atoms with Gasteiger partial charge in [-0.05, 0) is 12.8 Å². The van der Waals surface area contributed by atoms with E-state index >= 15 is 0 Å². The first kappa shape index (κ1) is 7.21. The fraction of sp³-hybridized carbons (Fsp3) is 1.00. The van der Waals surface area contributed by atoms with Crippen LogP contribution in [0.4, 0.5) is 0 Å². The van der Waals surface area contributed by atoms with E-state index < -0.39 is 0 Å². The average Bonchev–Trinajstić information content (AvgIpc) is 2.72. The van der Waals surface area contributed by atoms with Crippen molar-refractivity contribution in [3.05, 3.63) is 0 Å². The zero-order valence-corrected chi connectivity index (χ0v) is 7.57. The molecule has 1 spiro atoms. The van der Waals surface area contributed by atoms with Crippen LogP contribution in [0.1, 0.15) is 19.3 Å². The Balaban J connectivity index is 1.59. The van der Waals surface area contributed by atoms with E-state index in [9.17, 15) is 0 Å². The van der Waals surface area contributed by atoms with Crippen molar-refractivity contribution in [3.63, 3.8) is 0 Å². The molecule has 3 heteroatoms. The van der Waals surface area contributed by atoms with Crippen molar-refractivity contribution in [2.45, 2.75) is 37.3 Å². The SMILES string of the molecule is C1COC2(CC3C4OC4CCC32)O1.